The molecule has 3 rings (SSSR count). The second kappa shape index (κ2) is 8.63. The zero-order chi connectivity index (χ0) is 19.4. The van der Waals surface area contributed by atoms with Gasteiger partial charge in [0.05, 0.1) is 17.2 Å². The van der Waals surface area contributed by atoms with Crippen molar-refractivity contribution in [3.8, 4) is 11.3 Å². The zero-order valence-corrected chi connectivity index (χ0v) is 16.5. The highest BCUT2D eigenvalue weighted by molar-refractivity contribution is 7.09. The fourth-order valence-corrected chi connectivity index (χ4v) is 4.22. The number of likely N-dealkylation sites (tertiary alicyclic amines) is 1. The van der Waals surface area contributed by atoms with Crippen molar-refractivity contribution in [1.82, 2.24) is 14.8 Å². The van der Waals surface area contributed by atoms with Crippen molar-refractivity contribution in [3.05, 3.63) is 40.2 Å². The third-order valence-corrected chi connectivity index (χ3v) is 5.81. The first-order valence-electron chi connectivity index (χ1n) is 9.25. The molecule has 7 heteroatoms. The molecule has 0 radical (unpaired) electrons. The first-order valence-corrected chi connectivity index (χ1v) is 10.1. The number of benzene rings is 1. The van der Waals surface area contributed by atoms with Gasteiger partial charge < -0.3 is 10.0 Å². The van der Waals surface area contributed by atoms with Crippen LogP contribution in [0.2, 0.25) is 0 Å². The molecule has 1 aliphatic heterocycles. The molecule has 144 valence electrons. The van der Waals surface area contributed by atoms with E-state index in [1.54, 1.807) is 11.3 Å². The number of amides is 1. The number of piperidine rings is 1. The minimum atomic E-state index is -0.801. The maximum atomic E-state index is 12.9. The van der Waals surface area contributed by atoms with E-state index in [-0.39, 0.29) is 18.5 Å². The molecule has 0 unspecified atom stereocenters. The minimum Gasteiger partial charge on any atom is -0.480 e. The molecular weight excluding hydrogens is 362 g/mol. The van der Waals surface area contributed by atoms with Gasteiger partial charge in [0.1, 0.15) is 0 Å². The molecule has 1 amide bonds. The number of hydrogen-bond acceptors (Lipinski definition) is 5. The molecule has 0 saturated carbocycles. The number of aromatic nitrogens is 1. The number of carboxylic acid groups (broad SMARTS) is 1. The van der Waals surface area contributed by atoms with Gasteiger partial charge in [0.15, 0.2) is 0 Å². The van der Waals surface area contributed by atoms with Crippen molar-refractivity contribution in [2.24, 2.45) is 0 Å². The van der Waals surface area contributed by atoms with Gasteiger partial charge in [0.2, 0.25) is 0 Å². The second-order valence-corrected chi connectivity index (χ2v) is 7.88. The van der Waals surface area contributed by atoms with E-state index in [0.717, 1.165) is 29.1 Å². The van der Waals surface area contributed by atoms with Crippen molar-refractivity contribution in [2.45, 2.75) is 32.7 Å². The van der Waals surface area contributed by atoms with Gasteiger partial charge in [-0.25, -0.2) is 4.98 Å². The van der Waals surface area contributed by atoms with Crippen molar-refractivity contribution in [1.29, 1.82) is 0 Å². The average Bonchev–Trinajstić information content (AvgIpc) is 3.12. The molecule has 0 aliphatic carbocycles. The van der Waals surface area contributed by atoms with E-state index in [4.69, 9.17) is 5.11 Å². The van der Waals surface area contributed by atoms with Crippen LogP contribution in [0.5, 0.6) is 0 Å². The van der Waals surface area contributed by atoms with Gasteiger partial charge in [-0.05, 0) is 38.4 Å². The summed E-state index contributed by atoms with van der Waals surface area (Å²) in [5.74, 6) is -0.770. The van der Waals surface area contributed by atoms with E-state index in [9.17, 15) is 9.59 Å². The Labute approximate surface area is 163 Å². The van der Waals surface area contributed by atoms with Crippen molar-refractivity contribution in [3.63, 3.8) is 0 Å². The Morgan fingerprint density at radius 1 is 1.33 bits per heavy atom. The molecule has 1 saturated heterocycles. The van der Waals surface area contributed by atoms with E-state index in [0.29, 0.717) is 25.2 Å². The highest BCUT2D eigenvalue weighted by atomic mass is 32.1. The third-order valence-electron chi connectivity index (χ3n) is 5.04. The SMILES string of the molecule is CCN(CC(=O)O)C1CCN(C(=O)c2cccc(-c3csc(C)n3)c2)CC1. The number of carbonyl (C=O) groups excluding carboxylic acids is 1. The normalized spacial score (nSPS) is 15.3. The predicted molar refractivity (Wildman–Crippen MR) is 106 cm³/mol. The smallest absolute Gasteiger partial charge is 0.317 e. The summed E-state index contributed by atoms with van der Waals surface area (Å²) in [5, 5.41) is 12.1. The number of rotatable bonds is 6. The largest absolute Gasteiger partial charge is 0.480 e. The lowest BCUT2D eigenvalue weighted by Crippen LogP contribution is -2.48. The molecule has 1 aliphatic rings. The molecular formula is C20H25N3O3S. The fraction of sp³-hybridized carbons (Fsp3) is 0.450. The van der Waals surface area contributed by atoms with E-state index < -0.39 is 5.97 Å². The molecule has 1 N–H and O–H groups in total. The Balaban J connectivity index is 1.65. The lowest BCUT2D eigenvalue weighted by atomic mass is 10.0. The lowest BCUT2D eigenvalue weighted by molar-refractivity contribution is -0.139. The number of aliphatic carboxylic acids is 1. The summed E-state index contributed by atoms with van der Waals surface area (Å²) in [6.07, 6.45) is 1.61. The Hall–Kier alpha value is -2.25. The van der Waals surface area contributed by atoms with Crippen LogP contribution in [0.3, 0.4) is 0 Å². The van der Waals surface area contributed by atoms with Gasteiger partial charge in [-0.15, -0.1) is 11.3 Å². The van der Waals surface area contributed by atoms with Gasteiger partial charge in [0, 0.05) is 35.6 Å². The van der Waals surface area contributed by atoms with E-state index >= 15 is 0 Å². The van der Waals surface area contributed by atoms with Gasteiger partial charge in [0.25, 0.3) is 5.91 Å². The number of aryl methyl sites for hydroxylation is 1. The first-order chi connectivity index (χ1) is 13.0. The van der Waals surface area contributed by atoms with Crippen molar-refractivity contribution < 1.29 is 14.7 Å². The van der Waals surface area contributed by atoms with Crippen molar-refractivity contribution in [2.75, 3.05) is 26.2 Å². The van der Waals surface area contributed by atoms with Crippen LogP contribution in [0.15, 0.2) is 29.6 Å². The Morgan fingerprint density at radius 3 is 2.67 bits per heavy atom. The number of thiazole rings is 1. The molecule has 0 spiro atoms. The van der Waals surface area contributed by atoms with Crippen LogP contribution in [0.1, 0.15) is 35.1 Å². The topological polar surface area (TPSA) is 73.7 Å². The van der Waals surface area contributed by atoms with E-state index in [1.165, 1.54) is 0 Å². The summed E-state index contributed by atoms with van der Waals surface area (Å²) in [6.45, 7) is 6.02. The van der Waals surface area contributed by atoms with Gasteiger partial charge in [-0.1, -0.05) is 19.1 Å². The molecule has 2 aromatic rings. The van der Waals surface area contributed by atoms with Crippen LogP contribution >= 0.6 is 11.3 Å². The summed E-state index contributed by atoms with van der Waals surface area (Å²) in [5.41, 5.74) is 2.53. The first kappa shape index (κ1) is 19.5. The monoisotopic (exact) mass is 387 g/mol. The average molecular weight is 388 g/mol. The third kappa shape index (κ3) is 4.73. The predicted octanol–water partition coefficient (Wildman–Crippen LogP) is 3.13. The zero-order valence-electron chi connectivity index (χ0n) is 15.7. The molecule has 0 bridgehead atoms. The summed E-state index contributed by atoms with van der Waals surface area (Å²) in [7, 11) is 0. The Morgan fingerprint density at radius 2 is 2.07 bits per heavy atom. The number of nitrogens with zero attached hydrogens (tertiary/aromatic N) is 3. The summed E-state index contributed by atoms with van der Waals surface area (Å²) in [6, 6.07) is 7.85. The van der Waals surface area contributed by atoms with Gasteiger partial charge >= 0.3 is 5.97 Å². The Kier molecular flexibility index (Phi) is 6.23. The second-order valence-electron chi connectivity index (χ2n) is 6.81. The van der Waals surface area contributed by atoms with Gasteiger partial charge in [-0.2, -0.15) is 0 Å². The number of hydrogen-bond donors (Lipinski definition) is 1. The van der Waals surface area contributed by atoms with E-state index in [1.807, 2.05) is 53.3 Å². The molecule has 2 heterocycles. The molecule has 1 aromatic heterocycles. The van der Waals surface area contributed by atoms with Crippen LogP contribution in [-0.2, 0) is 4.79 Å². The maximum Gasteiger partial charge on any atom is 0.317 e. The summed E-state index contributed by atoms with van der Waals surface area (Å²) >= 11 is 1.60. The van der Waals surface area contributed by atoms with Crippen LogP contribution in [0.25, 0.3) is 11.3 Å². The number of carbonyl (C=O) groups is 2. The lowest BCUT2D eigenvalue weighted by Gasteiger charge is -2.37. The highest BCUT2D eigenvalue weighted by Gasteiger charge is 2.27. The van der Waals surface area contributed by atoms with Crippen LogP contribution in [0, 0.1) is 6.92 Å². The van der Waals surface area contributed by atoms with Gasteiger partial charge in [-0.3, -0.25) is 14.5 Å². The van der Waals surface area contributed by atoms with Crippen LogP contribution in [0.4, 0.5) is 0 Å². The Bertz CT molecular complexity index is 812. The molecule has 27 heavy (non-hydrogen) atoms. The fourth-order valence-electron chi connectivity index (χ4n) is 3.60. The van der Waals surface area contributed by atoms with Crippen LogP contribution in [-0.4, -0.2) is 64.0 Å². The standard InChI is InChI=1S/C20H25N3O3S/c1-3-22(12-19(24)25)17-7-9-23(10-8-17)20(26)16-6-4-5-15(11-16)18-13-27-14(2)21-18/h4-6,11,13,17H,3,7-10,12H2,1-2H3,(H,24,25). The molecule has 1 aromatic carbocycles. The highest BCUT2D eigenvalue weighted by Crippen LogP contribution is 2.24. The number of likely N-dealkylation sites (N-methyl/N-ethyl adjacent to an activating group) is 1. The summed E-state index contributed by atoms with van der Waals surface area (Å²) in [4.78, 5) is 32.3. The van der Waals surface area contributed by atoms with E-state index in [2.05, 4.69) is 4.98 Å². The molecule has 1 fully saturated rings. The van der Waals surface area contributed by atoms with Crippen LogP contribution < -0.4 is 0 Å². The summed E-state index contributed by atoms with van der Waals surface area (Å²) < 4.78 is 0. The maximum absolute atomic E-state index is 12.9. The molecule has 6 nitrogen and oxygen atoms in total. The molecule has 0 atom stereocenters. The quantitative estimate of drug-likeness (QED) is 0.824. The number of carboxylic acids is 1. The minimum absolute atomic E-state index is 0.0311. The van der Waals surface area contributed by atoms with Crippen molar-refractivity contribution >= 4 is 23.2 Å².